The summed E-state index contributed by atoms with van der Waals surface area (Å²) >= 11 is 0. The molecule has 0 atom stereocenters. The van der Waals surface area contributed by atoms with Gasteiger partial charge in [0, 0.05) is 0 Å². The van der Waals surface area contributed by atoms with Gasteiger partial charge in [0.25, 0.3) is 0 Å². The van der Waals surface area contributed by atoms with Crippen molar-refractivity contribution < 1.29 is 14.8 Å². The van der Waals surface area contributed by atoms with E-state index >= 15 is 0 Å². The van der Waals surface area contributed by atoms with Gasteiger partial charge < -0.3 is 9.84 Å². The van der Waals surface area contributed by atoms with Gasteiger partial charge in [0.05, 0.1) is 12.0 Å². The Morgan fingerprint density at radius 2 is 2.50 bits per heavy atom. The van der Waals surface area contributed by atoms with E-state index in [0.29, 0.717) is 6.20 Å². The lowest BCUT2D eigenvalue weighted by Gasteiger charge is -1.88. The van der Waals surface area contributed by atoms with Crippen molar-refractivity contribution >= 4 is 0 Å². The van der Waals surface area contributed by atoms with Crippen LogP contribution in [0.15, 0.2) is 12.1 Å². The Bertz CT molecular complexity index is 118. The number of hydrogen-bond donors (Lipinski definition) is 1. The number of nitrogens with zero attached hydrogens (tertiary/aromatic N) is 1. The molecule has 0 aromatic heterocycles. The van der Waals surface area contributed by atoms with Crippen LogP contribution in [0.4, 0.5) is 0 Å². The van der Waals surface area contributed by atoms with E-state index in [1.807, 2.05) is 0 Å². The van der Waals surface area contributed by atoms with E-state index in [-0.39, 0.29) is 0 Å². The van der Waals surface area contributed by atoms with Crippen LogP contribution < -0.4 is 0 Å². The summed E-state index contributed by atoms with van der Waals surface area (Å²) in [4.78, 5) is 8.65. The molecule has 8 heavy (non-hydrogen) atoms. The fraction of sp³-hybridized carbons (Fsp3) is 0.333. The van der Waals surface area contributed by atoms with Crippen LogP contribution in [-0.4, -0.2) is 17.1 Å². The molecule has 0 fully saturated rings. The van der Waals surface area contributed by atoms with Gasteiger partial charge in [-0.15, -0.1) is 0 Å². The molecule has 0 saturated carbocycles. The Labute approximate surface area is 45.3 Å². The van der Waals surface area contributed by atoms with E-state index in [2.05, 4.69) is 4.74 Å². The van der Waals surface area contributed by atoms with E-state index in [1.54, 1.807) is 0 Å². The molecule has 0 aromatic carbocycles. The third-order valence-electron chi connectivity index (χ3n) is 0.425. The van der Waals surface area contributed by atoms with Crippen LogP contribution >= 0.6 is 0 Å². The van der Waals surface area contributed by atoms with Gasteiger partial charge in [-0.25, -0.2) is 0 Å². The molecule has 0 saturated heterocycles. The minimum atomic E-state index is -0.807. The smallest absolute Gasteiger partial charge is 0.350 e. The molecule has 0 rings (SSSR count). The van der Waals surface area contributed by atoms with Gasteiger partial charge in [0.15, 0.2) is 0 Å². The van der Waals surface area contributed by atoms with Crippen molar-refractivity contribution in [2.45, 2.75) is 0 Å². The standard InChI is InChI=1S/C3H5NO4/c1-8-3(5)2-4(6)7/h2,5H,1H3. The number of aliphatic hydroxyl groups excluding tert-OH is 1. The molecule has 0 aliphatic rings. The molecule has 0 heterocycles. The van der Waals surface area contributed by atoms with Crippen molar-refractivity contribution in [2.24, 2.45) is 0 Å². The van der Waals surface area contributed by atoms with Crippen LogP contribution in [0.5, 0.6) is 0 Å². The molecule has 0 radical (unpaired) electrons. The van der Waals surface area contributed by atoms with Crippen LogP contribution in [-0.2, 0) is 4.74 Å². The van der Waals surface area contributed by atoms with E-state index in [1.165, 1.54) is 0 Å². The number of ether oxygens (including phenoxy) is 1. The van der Waals surface area contributed by atoms with Gasteiger partial charge in [-0.2, -0.15) is 0 Å². The normalized spacial score (nSPS) is 10.9. The number of rotatable bonds is 2. The molecule has 0 bridgehead atoms. The molecule has 0 aliphatic heterocycles. The van der Waals surface area contributed by atoms with Crippen LogP contribution in [0.25, 0.3) is 0 Å². The van der Waals surface area contributed by atoms with Crippen LogP contribution in [0.1, 0.15) is 0 Å². The number of nitro groups is 1. The first kappa shape index (κ1) is 6.74. The van der Waals surface area contributed by atoms with E-state index in [9.17, 15) is 10.1 Å². The first-order valence-corrected chi connectivity index (χ1v) is 1.75. The first-order valence-electron chi connectivity index (χ1n) is 1.75. The summed E-state index contributed by atoms with van der Waals surface area (Å²) in [6.07, 6.45) is 0.361. The van der Waals surface area contributed by atoms with Crippen molar-refractivity contribution in [3.05, 3.63) is 22.3 Å². The van der Waals surface area contributed by atoms with Crippen molar-refractivity contribution in [3.63, 3.8) is 0 Å². The van der Waals surface area contributed by atoms with Crippen LogP contribution in [0.2, 0.25) is 0 Å². The third kappa shape index (κ3) is 2.95. The summed E-state index contributed by atoms with van der Waals surface area (Å²) in [7, 11) is 1.13. The Balaban J connectivity index is 3.75. The molecule has 5 nitrogen and oxygen atoms in total. The SMILES string of the molecule is COC(O)=C[N+](=O)[O-]. The minimum Gasteiger partial charge on any atom is -0.476 e. The lowest BCUT2D eigenvalue weighted by atomic mass is 10.9. The van der Waals surface area contributed by atoms with Gasteiger partial charge in [-0.3, -0.25) is 10.1 Å². The van der Waals surface area contributed by atoms with Gasteiger partial charge in [0.2, 0.25) is 0 Å². The number of methoxy groups -OCH3 is 1. The highest BCUT2D eigenvalue weighted by atomic mass is 16.6. The zero-order valence-electron chi connectivity index (χ0n) is 4.20. The summed E-state index contributed by atoms with van der Waals surface area (Å²) in [5.41, 5.74) is 0. The summed E-state index contributed by atoms with van der Waals surface area (Å²) in [6.45, 7) is 0. The van der Waals surface area contributed by atoms with Crippen LogP contribution in [0, 0.1) is 10.1 Å². The van der Waals surface area contributed by atoms with Crippen molar-refractivity contribution in [1.82, 2.24) is 0 Å². The van der Waals surface area contributed by atoms with E-state index < -0.39 is 10.9 Å². The number of hydrogen-bond acceptors (Lipinski definition) is 4. The molecule has 46 valence electrons. The minimum absolute atomic E-state index is 0.361. The second kappa shape index (κ2) is 2.84. The topological polar surface area (TPSA) is 72.6 Å². The molecule has 0 amide bonds. The molecule has 1 N–H and O–H groups in total. The van der Waals surface area contributed by atoms with E-state index in [4.69, 9.17) is 5.11 Å². The Hall–Kier alpha value is -1.26. The molecular weight excluding hydrogens is 114 g/mol. The predicted molar refractivity (Wildman–Crippen MR) is 24.7 cm³/mol. The summed E-state index contributed by atoms with van der Waals surface area (Å²) in [5.74, 6) is -0.699. The molecule has 0 aliphatic carbocycles. The Morgan fingerprint density at radius 1 is 2.00 bits per heavy atom. The largest absolute Gasteiger partial charge is 0.476 e. The summed E-state index contributed by atoms with van der Waals surface area (Å²) < 4.78 is 4.04. The van der Waals surface area contributed by atoms with Gasteiger partial charge in [0.1, 0.15) is 0 Å². The molecule has 5 heteroatoms. The van der Waals surface area contributed by atoms with E-state index in [0.717, 1.165) is 7.11 Å². The quantitative estimate of drug-likeness (QED) is 0.321. The zero-order chi connectivity index (χ0) is 6.57. The lowest BCUT2D eigenvalue weighted by Crippen LogP contribution is -1.90. The zero-order valence-corrected chi connectivity index (χ0v) is 4.20. The fourth-order valence-electron chi connectivity index (χ4n) is 0.143. The lowest BCUT2D eigenvalue weighted by molar-refractivity contribution is -0.407. The summed E-state index contributed by atoms with van der Waals surface area (Å²) in [5, 5.41) is 17.7. The van der Waals surface area contributed by atoms with Crippen LogP contribution in [0.3, 0.4) is 0 Å². The third-order valence-corrected chi connectivity index (χ3v) is 0.425. The maximum absolute atomic E-state index is 9.46. The maximum atomic E-state index is 9.46. The molecule has 0 aromatic rings. The molecular formula is C3H5NO4. The molecule has 0 spiro atoms. The van der Waals surface area contributed by atoms with Crippen molar-refractivity contribution in [3.8, 4) is 0 Å². The average Bonchev–Trinajstić information content (AvgIpc) is 1.65. The second-order valence-electron chi connectivity index (χ2n) is 0.957. The highest BCUT2D eigenvalue weighted by Crippen LogP contribution is 1.85. The van der Waals surface area contributed by atoms with Gasteiger partial charge >= 0.3 is 12.1 Å². The Morgan fingerprint density at radius 3 is 2.62 bits per heavy atom. The average molecular weight is 119 g/mol. The highest BCUT2D eigenvalue weighted by molar-refractivity contribution is 4.68. The maximum Gasteiger partial charge on any atom is 0.350 e. The summed E-state index contributed by atoms with van der Waals surface area (Å²) in [6, 6.07) is 0. The number of aliphatic hydroxyl groups is 1. The van der Waals surface area contributed by atoms with Crippen molar-refractivity contribution in [2.75, 3.05) is 7.11 Å². The van der Waals surface area contributed by atoms with Gasteiger partial charge in [-0.05, 0) is 0 Å². The first-order chi connectivity index (χ1) is 3.66. The monoisotopic (exact) mass is 119 g/mol. The Kier molecular flexibility index (Phi) is 2.39. The second-order valence-corrected chi connectivity index (χ2v) is 0.957. The highest BCUT2D eigenvalue weighted by Gasteiger charge is 1.94. The molecule has 0 unspecified atom stereocenters. The fourth-order valence-corrected chi connectivity index (χ4v) is 0.143. The van der Waals surface area contributed by atoms with Gasteiger partial charge in [-0.1, -0.05) is 0 Å². The predicted octanol–water partition coefficient (Wildman–Crippen LogP) is 0.266. The van der Waals surface area contributed by atoms with Crippen molar-refractivity contribution in [1.29, 1.82) is 0 Å².